The molecule has 1 atom stereocenters. The quantitative estimate of drug-likeness (QED) is 0.497. The Kier molecular flexibility index (Phi) is 6.96. The van der Waals surface area contributed by atoms with Crippen LogP contribution in [0.2, 0.25) is 0 Å². The van der Waals surface area contributed by atoms with E-state index in [1.807, 2.05) is 0 Å². The molecule has 3 aromatic rings. The maximum absolute atomic E-state index is 13.5. The van der Waals surface area contributed by atoms with Crippen LogP contribution in [-0.4, -0.2) is 34.6 Å². The van der Waals surface area contributed by atoms with Crippen LogP contribution >= 0.6 is 0 Å². The number of amides is 2. The average Bonchev–Trinajstić information content (AvgIpc) is 3.10. The second-order valence-electron chi connectivity index (χ2n) is 7.32. The summed E-state index contributed by atoms with van der Waals surface area (Å²) in [7, 11) is 0. The number of carbonyl (C=O) groups excluding carboxylic acids is 2. The zero-order chi connectivity index (χ0) is 22.5. The van der Waals surface area contributed by atoms with Crippen molar-refractivity contribution in [3.8, 4) is 11.3 Å². The van der Waals surface area contributed by atoms with Gasteiger partial charge in [0, 0.05) is 23.1 Å². The summed E-state index contributed by atoms with van der Waals surface area (Å²) in [6, 6.07) is 8.57. The lowest BCUT2D eigenvalue weighted by Gasteiger charge is -2.25. The minimum absolute atomic E-state index is 0.00778. The van der Waals surface area contributed by atoms with Gasteiger partial charge in [0.05, 0.1) is 12.1 Å². The first-order chi connectivity index (χ1) is 14.8. The van der Waals surface area contributed by atoms with Crippen molar-refractivity contribution in [2.24, 2.45) is 11.7 Å². The monoisotopic (exact) mass is 433 g/mol. The van der Waals surface area contributed by atoms with Crippen molar-refractivity contribution in [1.82, 2.24) is 10.3 Å². The molecule has 5 N–H and O–H groups in total. The predicted molar refractivity (Wildman–Crippen MR) is 109 cm³/mol. The molecule has 0 spiro atoms. The number of hydrogen-bond donors (Lipinski definition) is 4. The molecule has 0 radical (unpaired) electrons. The topological polar surface area (TPSA) is 108 Å². The number of aliphatic hydroxyl groups is 1. The van der Waals surface area contributed by atoms with Crippen LogP contribution in [-0.2, 0) is 9.59 Å². The molecule has 1 unspecified atom stereocenters. The van der Waals surface area contributed by atoms with Crippen molar-refractivity contribution >= 4 is 22.7 Å². The van der Waals surface area contributed by atoms with E-state index in [4.69, 9.17) is 10.8 Å². The summed E-state index contributed by atoms with van der Waals surface area (Å²) in [5.41, 5.74) is 6.52. The van der Waals surface area contributed by atoms with E-state index in [-0.39, 0.29) is 23.2 Å². The molecular formula is C22H22F3N3O3. The SMILES string of the molecule is Fc1ccc(-c2cc3cc(F)cc(F)c3[nH]2)cc1.NC(=O)C(CO)NC(=O)C1CCC1. The van der Waals surface area contributed by atoms with Crippen LogP contribution < -0.4 is 11.1 Å². The second-order valence-corrected chi connectivity index (χ2v) is 7.32. The highest BCUT2D eigenvalue weighted by Gasteiger charge is 2.28. The Balaban J connectivity index is 0.000000187. The van der Waals surface area contributed by atoms with Gasteiger partial charge in [-0.05, 0) is 54.8 Å². The molecule has 1 aliphatic carbocycles. The zero-order valence-electron chi connectivity index (χ0n) is 16.5. The Morgan fingerprint density at radius 3 is 2.32 bits per heavy atom. The maximum atomic E-state index is 13.5. The van der Waals surface area contributed by atoms with Crippen molar-refractivity contribution in [2.45, 2.75) is 25.3 Å². The van der Waals surface area contributed by atoms with Crippen LogP contribution in [0.5, 0.6) is 0 Å². The van der Waals surface area contributed by atoms with E-state index in [9.17, 15) is 22.8 Å². The van der Waals surface area contributed by atoms with Gasteiger partial charge in [-0.25, -0.2) is 13.2 Å². The van der Waals surface area contributed by atoms with E-state index in [1.54, 1.807) is 18.2 Å². The normalized spacial score (nSPS) is 14.3. The van der Waals surface area contributed by atoms with Gasteiger partial charge in [-0.3, -0.25) is 9.59 Å². The molecule has 1 aliphatic rings. The van der Waals surface area contributed by atoms with Crippen LogP contribution in [0, 0.1) is 23.4 Å². The van der Waals surface area contributed by atoms with E-state index in [0.717, 1.165) is 25.3 Å². The van der Waals surface area contributed by atoms with Crippen molar-refractivity contribution in [2.75, 3.05) is 6.61 Å². The third-order valence-corrected chi connectivity index (χ3v) is 5.12. The van der Waals surface area contributed by atoms with Gasteiger partial charge in [0.1, 0.15) is 23.5 Å². The summed E-state index contributed by atoms with van der Waals surface area (Å²) in [6.45, 7) is -0.437. The van der Waals surface area contributed by atoms with E-state index in [0.29, 0.717) is 16.6 Å². The minimum Gasteiger partial charge on any atom is -0.394 e. The number of aromatic amines is 1. The predicted octanol–water partition coefficient (Wildman–Crippen LogP) is 3.00. The number of hydrogen-bond acceptors (Lipinski definition) is 3. The summed E-state index contributed by atoms with van der Waals surface area (Å²) in [5.74, 6) is -2.47. The Bertz CT molecular complexity index is 1080. The molecular weight excluding hydrogens is 411 g/mol. The molecule has 164 valence electrons. The number of rotatable bonds is 5. The highest BCUT2D eigenvalue weighted by molar-refractivity contribution is 5.88. The zero-order valence-corrected chi connectivity index (χ0v) is 16.5. The van der Waals surface area contributed by atoms with Gasteiger partial charge in [0.15, 0.2) is 0 Å². The van der Waals surface area contributed by atoms with Crippen LogP contribution in [0.25, 0.3) is 22.2 Å². The molecule has 1 saturated carbocycles. The Morgan fingerprint density at radius 1 is 1.10 bits per heavy atom. The standard InChI is InChI=1S/C14H8F3N.C8H14N2O3/c15-10-3-1-8(2-4-10)13-6-9-5-11(16)7-12(17)14(9)18-13;9-7(12)6(4-11)10-8(13)5-2-1-3-5/h1-7,18H;5-6,11H,1-4H2,(H2,9,12)(H,10,13). The highest BCUT2D eigenvalue weighted by atomic mass is 19.1. The molecule has 9 heteroatoms. The molecule has 0 bridgehead atoms. The lowest BCUT2D eigenvalue weighted by molar-refractivity contribution is -0.132. The van der Waals surface area contributed by atoms with E-state index < -0.39 is 30.2 Å². The first-order valence-electron chi connectivity index (χ1n) is 9.72. The smallest absolute Gasteiger partial charge is 0.242 e. The fourth-order valence-corrected chi connectivity index (χ4v) is 3.12. The van der Waals surface area contributed by atoms with Crippen LogP contribution in [0.1, 0.15) is 19.3 Å². The number of H-pyrrole nitrogens is 1. The molecule has 0 saturated heterocycles. The number of nitrogens with two attached hydrogens (primary N) is 1. The molecule has 1 heterocycles. The number of halogens is 3. The lowest BCUT2D eigenvalue weighted by atomic mass is 9.84. The van der Waals surface area contributed by atoms with Crippen molar-refractivity contribution in [1.29, 1.82) is 0 Å². The fraction of sp³-hybridized carbons (Fsp3) is 0.273. The van der Waals surface area contributed by atoms with Crippen LogP contribution in [0.15, 0.2) is 42.5 Å². The van der Waals surface area contributed by atoms with Gasteiger partial charge in [0.25, 0.3) is 0 Å². The van der Waals surface area contributed by atoms with Crippen molar-refractivity contribution < 1.29 is 27.9 Å². The number of fused-ring (bicyclic) bond motifs is 1. The third-order valence-electron chi connectivity index (χ3n) is 5.12. The van der Waals surface area contributed by atoms with Crippen LogP contribution in [0.4, 0.5) is 13.2 Å². The molecule has 1 aromatic heterocycles. The van der Waals surface area contributed by atoms with Gasteiger partial charge >= 0.3 is 0 Å². The first kappa shape index (κ1) is 22.4. The molecule has 6 nitrogen and oxygen atoms in total. The number of primary amides is 1. The fourth-order valence-electron chi connectivity index (χ4n) is 3.12. The van der Waals surface area contributed by atoms with Gasteiger partial charge < -0.3 is 21.1 Å². The van der Waals surface area contributed by atoms with Gasteiger partial charge in [-0.2, -0.15) is 0 Å². The van der Waals surface area contributed by atoms with E-state index >= 15 is 0 Å². The Morgan fingerprint density at radius 2 is 1.77 bits per heavy atom. The van der Waals surface area contributed by atoms with Crippen LogP contribution in [0.3, 0.4) is 0 Å². The van der Waals surface area contributed by atoms with Crippen molar-refractivity contribution in [3.63, 3.8) is 0 Å². The molecule has 4 rings (SSSR count). The minimum atomic E-state index is -0.937. The number of nitrogens with one attached hydrogen (secondary N) is 2. The second kappa shape index (κ2) is 9.65. The molecule has 31 heavy (non-hydrogen) atoms. The van der Waals surface area contributed by atoms with Crippen molar-refractivity contribution in [3.05, 3.63) is 59.9 Å². The van der Waals surface area contributed by atoms with Gasteiger partial charge in [-0.1, -0.05) is 6.42 Å². The summed E-state index contributed by atoms with van der Waals surface area (Å²) in [6.07, 6.45) is 2.78. The number of carbonyl (C=O) groups is 2. The maximum Gasteiger partial charge on any atom is 0.242 e. The Labute approximate surface area is 176 Å². The lowest BCUT2D eigenvalue weighted by Crippen LogP contribution is -2.49. The highest BCUT2D eigenvalue weighted by Crippen LogP contribution is 2.27. The molecule has 2 aromatic carbocycles. The summed E-state index contributed by atoms with van der Waals surface area (Å²) in [4.78, 5) is 24.8. The first-order valence-corrected chi connectivity index (χ1v) is 9.72. The number of aromatic nitrogens is 1. The van der Waals surface area contributed by atoms with E-state index in [1.165, 1.54) is 18.2 Å². The average molecular weight is 433 g/mol. The summed E-state index contributed by atoms with van der Waals surface area (Å²) >= 11 is 0. The third kappa shape index (κ3) is 5.43. The van der Waals surface area contributed by atoms with E-state index in [2.05, 4.69) is 10.3 Å². The summed E-state index contributed by atoms with van der Waals surface area (Å²) in [5, 5.41) is 11.6. The van der Waals surface area contributed by atoms with Gasteiger partial charge in [-0.15, -0.1) is 0 Å². The van der Waals surface area contributed by atoms with Gasteiger partial charge in [0.2, 0.25) is 11.8 Å². The molecule has 0 aliphatic heterocycles. The summed E-state index contributed by atoms with van der Waals surface area (Å²) < 4.78 is 39.4. The largest absolute Gasteiger partial charge is 0.394 e. The Hall–Kier alpha value is -3.33. The molecule has 1 fully saturated rings. The number of aliphatic hydroxyl groups excluding tert-OH is 1. The number of benzene rings is 2. The molecule has 2 amide bonds.